The van der Waals surface area contributed by atoms with Gasteiger partial charge in [-0.2, -0.15) is 0 Å². The van der Waals surface area contributed by atoms with E-state index in [2.05, 4.69) is 21.2 Å². The van der Waals surface area contributed by atoms with E-state index in [4.69, 9.17) is 16.3 Å². The van der Waals surface area contributed by atoms with Crippen molar-refractivity contribution in [2.45, 2.75) is 6.92 Å². The van der Waals surface area contributed by atoms with Crippen LogP contribution >= 0.6 is 27.5 Å². The standard InChI is InChI=1S/C16H13BrClNO3/c1-10(20)19-13-5-2-11(3-6-13)15(21)9-22-16-7-4-12(17)8-14(16)18/h2-8H,9H2,1H3,(H,19,20). The van der Waals surface area contributed by atoms with Crippen molar-refractivity contribution >= 4 is 44.9 Å². The molecule has 0 aromatic heterocycles. The van der Waals surface area contributed by atoms with Gasteiger partial charge in [0.1, 0.15) is 5.75 Å². The van der Waals surface area contributed by atoms with Gasteiger partial charge in [-0.05, 0) is 42.5 Å². The fourth-order valence-electron chi connectivity index (χ4n) is 1.76. The fraction of sp³-hybridized carbons (Fsp3) is 0.125. The van der Waals surface area contributed by atoms with E-state index < -0.39 is 0 Å². The van der Waals surface area contributed by atoms with Crippen molar-refractivity contribution in [3.63, 3.8) is 0 Å². The van der Waals surface area contributed by atoms with Crippen LogP contribution in [0, 0.1) is 0 Å². The second-order valence-corrected chi connectivity index (χ2v) is 5.87. The largest absolute Gasteiger partial charge is 0.484 e. The number of hydrogen-bond donors (Lipinski definition) is 1. The number of nitrogens with one attached hydrogen (secondary N) is 1. The second kappa shape index (κ2) is 7.42. The van der Waals surface area contributed by atoms with E-state index in [0.29, 0.717) is 22.0 Å². The summed E-state index contributed by atoms with van der Waals surface area (Å²) in [5.41, 5.74) is 1.14. The number of Topliss-reactive ketones (excluding diaryl/α,β-unsaturated/α-hetero) is 1. The maximum absolute atomic E-state index is 12.1. The summed E-state index contributed by atoms with van der Waals surface area (Å²) in [6, 6.07) is 11.8. The highest BCUT2D eigenvalue weighted by Gasteiger charge is 2.09. The number of ketones is 1. The molecule has 4 nitrogen and oxygen atoms in total. The molecule has 0 aliphatic heterocycles. The second-order valence-electron chi connectivity index (χ2n) is 4.55. The molecule has 0 aliphatic rings. The lowest BCUT2D eigenvalue weighted by molar-refractivity contribution is -0.114. The smallest absolute Gasteiger partial charge is 0.221 e. The van der Waals surface area contributed by atoms with Crippen molar-refractivity contribution < 1.29 is 14.3 Å². The van der Waals surface area contributed by atoms with Crippen LogP contribution in [0.1, 0.15) is 17.3 Å². The Morgan fingerprint density at radius 2 is 1.86 bits per heavy atom. The van der Waals surface area contributed by atoms with Gasteiger partial charge in [-0.25, -0.2) is 0 Å². The molecular weight excluding hydrogens is 370 g/mol. The predicted octanol–water partition coefficient (Wildman–Crippen LogP) is 4.32. The molecule has 1 amide bonds. The zero-order valence-corrected chi connectivity index (χ0v) is 14.1. The minimum atomic E-state index is -0.173. The first-order valence-corrected chi connectivity index (χ1v) is 7.61. The first-order chi connectivity index (χ1) is 10.5. The van der Waals surface area contributed by atoms with Crippen molar-refractivity contribution in [3.05, 3.63) is 57.5 Å². The topological polar surface area (TPSA) is 55.4 Å². The maximum Gasteiger partial charge on any atom is 0.221 e. The van der Waals surface area contributed by atoms with Gasteiger partial charge in [0.2, 0.25) is 5.91 Å². The number of carbonyl (C=O) groups is 2. The third-order valence-corrected chi connectivity index (χ3v) is 3.57. The highest BCUT2D eigenvalue weighted by atomic mass is 79.9. The van der Waals surface area contributed by atoms with Crippen LogP contribution in [0.25, 0.3) is 0 Å². The third-order valence-electron chi connectivity index (χ3n) is 2.78. The van der Waals surface area contributed by atoms with Gasteiger partial charge in [0.15, 0.2) is 12.4 Å². The van der Waals surface area contributed by atoms with E-state index in [-0.39, 0.29) is 18.3 Å². The van der Waals surface area contributed by atoms with Gasteiger partial charge in [-0.15, -0.1) is 0 Å². The third kappa shape index (κ3) is 4.58. The van der Waals surface area contributed by atoms with Gasteiger partial charge in [-0.3, -0.25) is 9.59 Å². The summed E-state index contributed by atoms with van der Waals surface area (Å²) >= 11 is 9.32. The van der Waals surface area contributed by atoms with Gasteiger partial charge >= 0.3 is 0 Å². The highest BCUT2D eigenvalue weighted by Crippen LogP contribution is 2.27. The summed E-state index contributed by atoms with van der Waals surface area (Å²) in [5, 5.41) is 3.07. The Morgan fingerprint density at radius 1 is 1.18 bits per heavy atom. The lowest BCUT2D eigenvalue weighted by atomic mass is 10.1. The van der Waals surface area contributed by atoms with Crippen LogP contribution < -0.4 is 10.1 Å². The van der Waals surface area contributed by atoms with Crippen LogP contribution in [-0.4, -0.2) is 18.3 Å². The summed E-state index contributed by atoms with van der Waals surface area (Å²) in [7, 11) is 0. The zero-order valence-electron chi connectivity index (χ0n) is 11.7. The minimum absolute atomic E-state index is 0.110. The Kier molecular flexibility index (Phi) is 5.57. The molecule has 2 rings (SSSR count). The molecule has 0 fully saturated rings. The quantitative estimate of drug-likeness (QED) is 0.783. The summed E-state index contributed by atoms with van der Waals surface area (Å²) in [6.07, 6.45) is 0. The molecule has 22 heavy (non-hydrogen) atoms. The van der Waals surface area contributed by atoms with Gasteiger partial charge in [0.25, 0.3) is 0 Å². The Balaban J connectivity index is 1.98. The number of halogens is 2. The zero-order chi connectivity index (χ0) is 16.1. The molecule has 0 atom stereocenters. The molecule has 6 heteroatoms. The van der Waals surface area contributed by atoms with Gasteiger partial charge in [0, 0.05) is 22.6 Å². The van der Waals surface area contributed by atoms with Crippen LogP contribution in [0.3, 0.4) is 0 Å². The maximum atomic E-state index is 12.1. The average molecular weight is 383 g/mol. The molecule has 0 saturated heterocycles. The van der Waals surface area contributed by atoms with Gasteiger partial charge in [-0.1, -0.05) is 27.5 Å². The number of ether oxygens (including phenoxy) is 1. The fourth-order valence-corrected chi connectivity index (χ4v) is 2.49. The molecule has 0 bridgehead atoms. The van der Waals surface area contributed by atoms with E-state index in [1.54, 1.807) is 42.5 Å². The first kappa shape index (κ1) is 16.5. The molecule has 1 N–H and O–H groups in total. The van der Waals surface area contributed by atoms with Crippen LogP contribution in [0.4, 0.5) is 5.69 Å². The first-order valence-electron chi connectivity index (χ1n) is 6.44. The van der Waals surface area contributed by atoms with Crippen LogP contribution in [0.5, 0.6) is 5.75 Å². The summed E-state index contributed by atoms with van der Waals surface area (Å²) in [6.45, 7) is 1.32. The van der Waals surface area contributed by atoms with Crippen LogP contribution in [-0.2, 0) is 4.79 Å². The SMILES string of the molecule is CC(=O)Nc1ccc(C(=O)COc2ccc(Br)cc2Cl)cc1. The Bertz CT molecular complexity index is 701. The van der Waals surface area contributed by atoms with E-state index in [1.807, 2.05) is 0 Å². The van der Waals surface area contributed by atoms with Crippen molar-refractivity contribution in [1.29, 1.82) is 0 Å². The summed E-state index contributed by atoms with van der Waals surface area (Å²) in [4.78, 5) is 23.0. The van der Waals surface area contributed by atoms with E-state index >= 15 is 0 Å². The number of anilines is 1. The van der Waals surface area contributed by atoms with Crippen LogP contribution in [0.15, 0.2) is 46.9 Å². The van der Waals surface area contributed by atoms with Gasteiger partial charge in [0.05, 0.1) is 5.02 Å². The lowest BCUT2D eigenvalue weighted by Crippen LogP contribution is -2.12. The highest BCUT2D eigenvalue weighted by molar-refractivity contribution is 9.10. The Labute approximate surface area is 141 Å². The number of carbonyl (C=O) groups excluding carboxylic acids is 2. The number of hydrogen-bond acceptors (Lipinski definition) is 3. The summed E-state index contributed by atoms with van der Waals surface area (Å²) in [5.74, 6) is 0.119. The Hall–Kier alpha value is -1.85. The molecule has 0 heterocycles. The molecule has 2 aromatic rings. The van der Waals surface area contributed by atoms with Crippen LogP contribution in [0.2, 0.25) is 5.02 Å². The van der Waals surface area contributed by atoms with Crippen molar-refractivity contribution in [3.8, 4) is 5.75 Å². The lowest BCUT2D eigenvalue weighted by Gasteiger charge is -2.08. The van der Waals surface area contributed by atoms with Gasteiger partial charge < -0.3 is 10.1 Å². The molecule has 114 valence electrons. The number of amides is 1. The molecule has 0 aliphatic carbocycles. The molecule has 0 unspecified atom stereocenters. The molecule has 0 radical (unpaired) electrons. The number of rotatable bonds is 5. The predicted molar refractivity (Wildman–Crippen MR) is 89.7 cm³/mol. The molecule has 0 saturated carbocycles. The molecule has 0 spiro atoms. The Morgan fingerprint density at radius 3 is 2.45 bits per heavy atom. The summed E-state index contributed by atoms with van der Waals surface area (Å²) < 4.78 is 6.27. The van der Waals surface area contributed by atoms with E-state index in [9.17, 15) is 9.59 Å². The van der Waals surface area contributed by atoms with E-state index in [0.717, 1.165) is 4.47 Å². The monoisotopic (exact) mass is 381 g/mol. The molecular formula is C16H13BrClNO3. The number of benzene rings is 2. The average Bonchev–Trinajstić information content (AvgIpc) is 2.46. The van der Waals surface area contributed by atoms with Crippen molar-refractivity contribution in [1.82, 2.24) is 0 Å². The normalized spacial score (nSPS) is 10.1. The minimum Gasteiger partial charge on any atom is -0.484 e. The van der Waals surface area contributed by atoms with E-state index in [1.165, 1.54) is 6.92 Å². The van der Waals surface area contributed by atoms with Crippen molar-refractivity contribution in [2.75, 3.05) is 11.9 Å². The molecule has 2 aromatic carbocycles. The van der Waals surface area contributed by atoms with Crippen molar-refractivity contribution in [2.24, 2.45) is 0 Å².